The van der Waals surface area contributed by atoms with E-state index in [0.717, 1.165) is 16.5 Å². The number of benzene rings is 2. The van der Waals surface area contributed by atoms with Crippen LogP contribution < -0.4 is 14.8 Å². The first-order valence-electron chi connectivity index (χ1n) is 9.18. The lowest BCUT2D eigenvalue weighted by atomic mass is 10.0. The number of amides is 1. The molecule has 0 unspecified atom stereocenters. The minimum Gasteiger partial charge on any atom is -0.497 e. The Balaban J connectivity index is 1.76. The maximum atomic E-state index is 13.2. The molecule has 2 aromatic heterocycles. The van der Waals surface area contributed by atoms with Crippen LogP contribution in [-0.2, 0) is 7.05 Å². The maximum absolute atomic E-state index is 13.2. The monoisotopic (exact) mass is 390 g/mol. The van der Waals surface area contributed by atoms with Crippen LogP contribution in [0.1, 0.15) is 27.8 Å². The lowest BCUT2D eigenvalue weighted by Gasteiger charge is -2.20. The molecule has 0 fully saturated rings. The molecule has 7 nitrogen and oxygen atoms in total. The molecule has 1 amide bonds. The van der Waals surface area contributed by atoms with Crippen LogP contribution >= 0.6 is 0 Å². The second-order valence-electron chi connectivity index (χ2n) is 6.70. The Labute approximate surface area is 168 Å². The summed E-state index contributed by atoms with van der Waals surface area (Å²) in [4.78, 5) is 20.8. The van der Waals surface area contributed by atoms with Crippen molar-refractivity contribution in [2.24, 2.45) is 7.05 Å². The van der Waals surface area contributed by atoms with Crippen LogP contribution in [0.3, 0.4) is 0 Å². The number of carbonyl (C=O) groups is 1. The molecule has 2 aromatic carbocycles. The van der Waals surface area contributed by atoms with Gasteiger partial charge in [0.1, 0.15) is 23.4 Å². The lowest BCUT2D eigenvalue weighted by molar-refractivity contribution is 0.0942. The first-order valence-corrected chi connectivity index (χ1v) is 9.18. The molecule has 0 spiro atoms. The van der Waals surface area contributed by atoms with Gasteiger partial charge in [0.2, 0.25) is 0 Å². The predicted octanol–water partition coefficient (Wildman–Crippen LogP) is 3.44. The van der Waals surface area contributed by atoms with Crippen LogP contribution in [0.15, 0.2) is 61.1 Å². The molecule has 148 valence electrons. The fourth-order valence-corrected chi connectivity index (χ4v) is 3.42. The Morgan fingerprint density at radius 3 is 2.52 bits per heavy atom. The number of ether oxygens (including phenoxy) is 2. The second kappa shape index (κ2) is 7.71. The molecule has 0 saturated carbocycles. The number of imidazole rings is 1. The number of rotatable bonds is 6. The van der Waals surface area contributed by atoms with Crippen molar-refractivity contribution in [3.8, 4) is 11.5 Å². The van der Waals surface area contributed by atoms with Gasteiger partial charge in [-0.15, -0.1) is 0 Å². The molecule has 1 atom stereocenters. The summed E-state index contributed by atoms with van der Waals surface area (Å²) in [6.45, 7) is 0. The zero-order valence-electron chi connectivity index (χ0n) is 16.5. The molecular weight excluding hydrogens is 368 g/mol. The van der Waals surface area contributed by atoms with E-state index < -0.39 is 6.04 Å². The number of aryl methyl sites for hydroxylation is 1. The van der Waals surface area contributed by atoms with Crippen LogP contribution in [0, 0.1) is 0 Å². The molecular formula is C22H22N4O3. The highest BCUT2D eigenvalue weighted by atomic mass is 16.5. The van der Waals surface area contributed by atoms with Gasteiger partial charge in [-0.3, -0.25) is 4.79 Å². The third-order valence-electron chi connectivity index (χ3n) is 4.93. The molecule has 4 aromatic rings. The predicted molar refractivity (Wildman–Crippen MR) is 110 cm³/mol. The number of aromatic amines is 1. The fraction of sp³-hybridized carbons (Fsp3) is 0.182. The summed E-state index contributed by atoms with van der Waals surface area (Å²) in [7, 11) is 5.09. The molecule has 7 heteroatoms. The zero-order chi connectivity index (χ0) is 20.4. The summed E-state index contributed by atoms with van der Waals surface area (Å²) in [5, 5.41) is 3.99. The van der Waals surface area contributed by atoms with E-state index in [0.29, 0.717) is 22.9 Å². The number of hydrogen-bond donors (Lipinski definition) is 2. The Kier molecular flexibility index (Phi) is 4.95. The van der Waals surface area contributed by atoms with Crippen molar-refractivity contribution in [2.75, 3.05) is 14.2 Å². The number of nitrogens with zero attached hydrogens (tertiary/aromatic N) is 2. The van der Waals surface area contributed by atoms with Crippen molar-refractivity contribution in [2.45, 2.75) is 6.04 Å². The number of H-pyrrole nitrogens is 1. The highest BCUT2D eigenvalue weighted by molar-refractivity contribution is 6.06. The standard InChI is InChI=1S/C22H22N4O3/c1-26-9-8-23-21(26)20(14-10-15(28-2)12-16(11-14)29-3)25-22(27)18-13-24-19-7-5-4-6-17(18)19/h4-13,20,24H,1-3H3,(H,25,27)/t20-/m0/s1. The molecule has 4 rings (SSSR count). The third-order valence-corrected chi connectivity index (χ3v) is 4.93. The van der Waals surface area contributed by atoms with Gasteiger partial charge in [0, 0.05) is 42.6 Å². The number of fused-ring (bicyclic) bond motifs is 1. The van der Waals surface area contributed by atoms with E-state index in [-0.39, 0.29) is 5.91 Å². The fourth-order valence-electron chi connectivity index (χ4n) is 3.42. The Morgan fingerprint density at radius 2 is 1.86 bits per heavy atom. The van der Waals surface area contributed by atoms with E-state index in [4.69, 9.17) is 9.47 Å². The summed E-state index contributed by atoms with van der Waals surface area (Å²) >= 11 is 0. The van der Waals surface area contributed by atoms with Gasteiger partial charge in [-0.05, 0) is 23.8 Å². The minimum atomic E-state index is -0.486. The summed E-state index contributed by atoms with van der Waals surface area (Å²) < 4.78 is 12.7. The Bertz CT molecular complexity index is 1140. The minimum absolute atomic E-state index is 0.197. The molecule has 0 radical (unpaired) electrons. The molecule has 0 bridgehead atoms. The van der Waals surface area contributed by atoms with E-state index in [1.807, 2.05) is 54.2 Å². The highest BCUT2D eigenvalue weighted by Crippen LogP contribution is 2.30. The van der Waals surface area contributed by atoms with Crippen LogP contribution in [0.2, 0.25) is 0 Å². The average molecular weight is 390 g/mol. The van der Waals surface area contributed by atoms with Crippen LogP contribution in [0.4, 0.5) is 0 Å². The Hall–Kier alpha value is -3.74. The number of methoxy groups -OCH3 is 2. The smallest absolute Gasteiger partial charge is 0.254 e. The first kappa shape index (κ1) is 18.6. The third kappa shape index (κ3) is 3.54. The normalized spacial score (nSPS) is 12.0. The molecule has 29 heavy (non-hydrogen) atoms. The maximum Gasteiger partial charge on any atom is 0.254 e. The summed E-state index contributed by atoms with van der Waals surface area (Å²) in [5.41, 5.74) is 2.30. The van der Waals surface area contributed by atoms with Crippen LogP contribution in [-0.4, -0.2) is 34.7 Å². The highest BCUT2D eigenvalue weighted by Gasteiger charge is 2.24. The quantitative estimate of drug-likeness (QED) is 0.528. The first-order chi connectivity index (χ1) is 14.1. The van der Waals surface area contributed by atoms with Crippen LogP contribution in [0.5, 0.6) is 11.5 Å². The second-order valence-corrected chi connectivity index (χ2v) is 6.70. The number of para-hydroxylation sites is 1. The SMILES string of the molecule is COc1cc(OC)cc([C@H](NC(=O)c2c[nH]c3ccccc23)c2nccn2C)c1. The van der Waals surface area contributed by atoms with Gasteiger partial charge in [0.15, 0.2) is 0 Å². The van der Waals surface area contributed by atoms with Crippen molar-refractivity contribution in [1.82, 2.24) is 19.9 Å². The van der Waals surface area contributed by atoms with Crippen molar-refractivity contribution >= 4 is 16.8 Å². The lowest BCUT2D eigenvalue weighted by Crippen LogP contribution is -2.31. The summed E-state index contributed by atoms with van der Waals surface area (Å²) in [5.74, 6) is 1.78. The van der Waals surface area contributed by atoms with E-state index >= 15 is 0 Å². The number of aromatic nitrogens is 3. The van der Waals surface area contributed by atoms with E-state index in [1.165, 1.54) is 0 Å². The molecule has 0 aliphatic heterocycles. The van der Waals surface area contributed by atoms with E-state index in [9.17, 15) is 4.79 Å². The van der Waals surface area contributed by atoms with Gasteiger partial charge in [0.25, 0.3) is 5.91 Å². The van der Waals surface area contributed by atoms with E-state index in [2.05, 4.69) is 15.3 Å². The van der Waals surface area contributed by atoms with Gasteiger partial charge in [-0.25, -0.2) is 4.98 Å². The van der Waals surface area contributed by atoms with Crippen molar-refractivity contribution in [1.29, 1.82) is 0 Å². The van der Waals surface area contributed by atoms with Gasteiger partial charge >= 0.3 is 0 Å². The zero-order valence-corrected chi connectivity index (χ0v) is 16.5. The molecule has 0 aliphatic carbocycles. The average Bonchev–Trinajstić information content (AvgIpc) is 3.37. The van der Waals surface area contributed by atoms with Crippen molar-refractivity contribution < 1.29 is 14.3 Å². The largest absolute Gasteiger partial charge is 0.497 e. The number of carbonyl (C=O) groups excluding carboxylic acids is 1. The van der Waals surface area contributed by atoms with Gasteiger partial charge in [-0.2, -0.15) is 0 Å². The number of hydrogen-bond acceptors (Lipinski definition) is 4. The van der Waals surface area contributed by atoms with Gasteiger partial charge in [0.05, 0.1) is 19.8 Å². The molecule has 2 N–H and O–H groups in total. The summed E-state index contributed by atoms with van der Waals surface area (Å²) in [6, 6.07) is 12.8. The van der Waals surface area contributed by atoms with Crippen molar-refractivity contribution in [3.63, 3.8) is 0 Å². The molecule has 0 saturated heterocycles. The van der Waals surface area contributed by atoms with E-state index in [1.54, 1.807) is 32.7 Å². The van der Waals surface area contributed by atoms with Crippen molar-refractivity contribution in [3.05, 3.63) is 78.0 Å². The topological polar surface area (TPSA) is 81.2 Å². The summed E-state index contributed by atoms with van der Waals surface area (Å²) in [6.07, 6.45) is 5.27. The van der Waals surface area contributed by atoms with Crippen LogP contribution in [0.25, 0.3) is 10.9 Å². The molecule has 0 aliphatic rings. The molecule has 2 heterocycles. The van der Waals surface area contributed by atoms with Gasteiger partial charge in [-0.1, -0.05) is 18.2 Å². The Morgan fingerprint density at radius 1 is 1.14 bits per heavy atom. The number of nitrogens with one attached hydrogen (secondary N) is 2. The van der Waals surface area contributed by atoms with Gasteiger partial charge < -0.3 is 24.3 Å².